The minimum absolute atomic E-state index is 0.0174. The van der Waals surface area contributed by atoms with Crippen molar-refractivity contribution in [2.45, 2.75) is 13.8 Å². The first-order valence-electron chi connectivity index (χ1n) is 3.08. The van der Waals surface area contributed by atoms with Crippen molar-refractivity contribution in [1.82, 2.24) is 5.06 Å². The second-order valence-corrected chi connectivity index (χ2v) is 3.18. The van der Waals surface area contributed by atoms with E-state index >= 15 is 0 Å². The fourth-order valence-corrected chi connectivity index (χ4v) is 0.684. The summed E-state index contributed by atoms with van der Waals surface area (Å²) in [6.07, 6.45) is 0. The lowest BCUT2D eigenvalue weighted by molar-refractivity contribution is -0.0869. The van der Waals surface area contributed by atoms with Crippen molar-refractivity contribution in [3.05, 3.63) is 0 Å². The van der Waals surface area contributed by atoms with Gasteiger partial charge in [0.1, 0.15) is 0 Å². The zero-order valence-corrected chi connectivity index (χ0v) is 6.39. The number of nitrogens with zero attached hydrogens (tertiary/aromatic N) is 1. The first kappa shape index (κ1) is 8.88. The van der Waals surface area contributed by atoms with Gasteiger partial charge in [0.05, 0.1) is 0 Å². The second kappa shape index (κ2) is 3.15. The van der Waals surface area contributed by atoms with Crippen molar-refractivity contribution in [2.75, 3.05) is 20.1 Å². The molecule has 0 unspecified atom stereocenters. The van der Waals surface area contributed by atoms with Gasteiger partial charge in [-0.25, -0.2) is 0 Å². The van der Waals surface area contributed by atoms with Crippen LogP contribution in [0.3, 0.4) is 0 Å². The third kappa shape index (κ3) is 4.39. The highest BCUT2D eigenvalue weighted by atomic mass is 16.5. The van der Waals surface area contributed by atoms with Crippen LogP contribution in [0.15, 0.2) is 0 Å². The van der Waals surface area contributed by atoms with E-state index in [4.69, 9.17) is 10.9 Å². The largest absolute Gasteiger partial charge is 0.330 e. The first-order valence-corrected chi connectivity index (χ1v) is 3.08. The fourth-order valence-electron chi connectivity index (χ4n) is 0.684. The van der Waals surface area contributed by atoms with Crippen LogP contribution in [0.2, 0.25) is 0 Å². The van der Waals surface area contributed by atoms with Crippen LogP contribution < -0.4 is 5.73 Å². The molecule has 0 rings (SSSR count). The monoisotopic (exact) mass is 132 g/mol. The van der Waals surface area contributed by atoms with E-state index in [1.807, 2.05) is 13.8 Å². The lowest BCUT2D eigenvalue weighted by Gasteiger charge is -2.24. The average molecular weight is 132 g/mol. The van der Waals surface area contributed by atoms with Gasteiger partial charge in [-0.05, 0) is 12.0 Å². The quantitative estimate of drug-likeness (QED) is 0.543. The normalized spacial score (nSPS) is 12.7. The Balaban J connectivity index is 3.58. The highest BCUT2D eigenvalue weighted by Crippen LogP contribution is 2.12. The van der Waals surface area contributed by atoms with Gasteiger partial charge in [0.2, 0.25) is 0 Å². The van der Waals surface area contributed by atoms with Gasteiger partial charge in [0.15, 0.2) is 0 Å². The van der Waals surface area contributed by atoms with E-state index in [2.05, 4.69) is 0 Å². The Morgan fingerprint density at radius 1 is 1.56 bits per heavy atom. The zero-order chi connectivity index (χ0) is 7.49. The molecule has 0 aliphatic rings. The van der Waals surface area contributed by atoms with Crippen LogP contribution in [0.5, 0.6) is 0 Å². The molecule has 0 aromatic rings. The Bertz CT molecular complexity index is 81.1. The Morgan fingerprint density at radius 2 is 2.00 bits per heavy atom. The first-order chi connectivity index (χ1) is 3.98. The molecule has 0 heterocycles. The molecule has 0 aromatic carbocycles. The Labute approximate surface area is 56.4 Å². The minimum Gasteiger partial charge on any atom is -0.330 e. The number of hydrogen-bond donors (Lipinski definition) is 2. The molecule has 0 spiro atoms. The molecule has 3 nitrogen and oxygen atoms in total. The maximum absolute atomic E-state index is 8.80. The van der Waals surface area contributed by atoms with Gasteiger partial charge in [-0.2, -0.15) is 5.06 Å². The standard InChI is InChI=1S/C6H16N2O/c1-6(2,4-7)5-8(3)9/h9H,4-5,7H2,1-3H3. The van der Waals surface area contributed by atoms with Crippen molar-refractivity contribution >= 4 is 0 Å². The summed E-state index contributed by atoms with van der Waals surface area (Å²) >= 11 is 0. The second-order valence-electron chi connectivity index (χ2n) is 3.18. The van der Waals surface area contributed by atoms with Crippen LogP contribution in [0.4, 0.5) is 0 Å². The van der Waals surface area contributed by atoms with Crippen molar-refractivity contribution in [3.63, 3.8) is 0 Å². The molecule has 0 aliphatic heterocycles. The molecule has 0 fully saturated rings. The van der Waals surface area contributed by atoms with Crippen molar-refractivity contribution in [2.24, 2.45) is 11.1 Å². The van der Waals surface area contributed by atoms with Crippen LogP contribution >= 0.6 is 0 Å². The Morgan fingerprint density at radius 3 is 2.11 bits per heavy atom. The average Bonchev–Trinajstić information content (AvgIpc) is 1.63. The van der Waals surface area contributed by atoms with Gasteiger partial charge in [0, 0.05) is 13.6 Å². The summed E-state index contributed by atoms with van der Waals surface area (Å²) in [7, 11) is 1.62. The molecule has 0 saturated heterocycles. The molecule has 9 heavy (non-hydrogen) atoms. The molecule has 0 amide bonds. The number of hydroxylamine groups is 2. The van der Waals surface area contributed by atoms with Gasteiger partial charge in [-0.3, -0.25) is 0 Å². The summed E-state index contributed by atoms with van der Waals surface area (Å²) in [5, 5.41) is 9.96. The van der Waals surface area contributed by atoms with Gasteiger partial charge >= 0.3 is 0 Å². The maximum Gasteiger partial charge on any atom is 0.0298 e. The topological polar surface area (TPSA) is 49.5 Å². The van der Waals surface area contributed by atoms with E-state index in [0.29, 0.717) is 13.1 Å². The van der Waals surface area contributed by atoms with E-state index in [9.17, 15) is 0 Å². The van der Waals surface area contributed by atoms with Crippen LogP contribution in [-0.4, -0.2) is 30.4 Å². The lowest BCUT2D eigenvalue weighted by Crippen LogP contribution is -2.35. The fraction of sp³-hybridized carbons (Fsp3) is 1.00. The van der Waals surface area contributed by atoms with Crippen LogP contribution in [-0.2, 0) is 0 Å². The molecule has 3 heteroatoms. The summed E-state index contributed by atoms with van der Waals surface area (Å²) in [6.45, 7) is 5.24. The van der Waals surface area contributed by atoms with Crippen LogP contribution in [0.25, 0.3) is 0 Å². The van der Waals surface area contributed by atoms with Gasteiger partial charge in [-0.15, -0.1) is 0 Å². The van der Waals surface area contributed by atoms with E-state index in [-0.39, 0.29) is 5.41 Å². The summed E-state index contributed by atoms with van der Waals surface area (Å²) in [4.78, 5) is 0. The molecule has 56 valence electrons. The Kier molecular flexibility index (Phi) is 3.11. The predicted molar refractivity (Wildman–Crippen MR) is 37.3 cm³/mol. The lowest BCUT2D eigenvalue weighted by atomic mass is 9.94. The van der Waals surface area contributed by atoms with Gasteiger partial charge in [-0.1, -0.05) is 13.8 Å². The predicted octanol–water partition coefficient (Wildman–Crippen LogP) is 0.292. The molecule has 0 saturated carbocycles. The molecule has 0 aromatic heterocycles. The third-order valence-corrected chi connectivity index (χ3v) is 1.21. The third-order valence-electron chi connectivity index (χ3n) is 1.21. The van der Waals surface area contributed by atoms with E-state index < -0.39 is 0 Å². The van der Waals surface area contributed by atoms with Crippen molar-refractivity contribution in [3.8, 4) is 0 Å². The number of nitrogens with two attached hydrogens (primary N) is 1. The Hall–Kier alpha value is -0.120. The molecule has 0 atom stereocenters. The molecule has 0 radical (unpaired) electrons. The summed E-state index contributed by atoms with van der Waals surface area (Å²) in [5.41, 5.74) is 5.43. The summed E-state index contributed by atoms with van der Waals surface area (Å²) < 4.78 is 0. The number of hydrogen-bond acceptors (Lipinski definition) is 3. The minimum atomic E-state index is 0.0174. The molecular weight excluding hydrogens is 116 g/mol. The highest BCUT2D eigenvalue weighted by Gasteiger charge is 2.16. The van der Waals surface area contributed by atoms with E-state index in [0.717, 1.165) is 5.06 Å². The zero-order valence-electron chi connectivity index (χ0n) is 6.39. The molecule has 3 N–H and O–H groups in total. The highest BCUT2D eigenvalue weighted by molar-refractivity contribution is 4.69. The molecule has 0 aliphatic carbocycles. The SMILES string of the molecule is CN(O)CC(C)(C)CN. The molecule has 0 bridgehead atoms. The smallest absolute Gasteiger partial charge is 0.0298 e. The molecular formula is C6H16N2O. The summed E-state index contributed by atoms with van der Waals surface area (Å²) in [6, 6.07) is 0. The van der Waals surface area contributed by atoms with Crippen LogP contribution in [0, 0.1) is 5.41 Å². The van der Waals surface area contributed by atoms with Crippen molar-refractivity contribution in [1.29, 1.82) is 0 Å². The van der Waals surface area contributed by atoms with Gasteiger partial charge in [0.25, 0.3) is 0 Å². The van der Waals surface area contributed by atoms with Crippen LogP contribution in [0.1, 0.15) is 13.8 Å². The maximum atomic E-state index is 8.80. The van der Waals surface area contributed by atoms with Gasteiger partial charge < -0.3 is 10.9 Å². The van der Waals surface area contributed by atoms with Crippen molar-refractivity contribution < 1.29 is 5.21 Å². The van der Waals surface area contributed by atoms with E-state index in [1.165, 1.54) is 0 Å². The summed E-state index contributed by atoms with van der Waals surface area (Å²) in [5.74, 6) is 0. The van der Waals surface area contributed by atoms with E-state index in [1.54, 1.807) is 7.05 Å². The number of rotatable bonds is 3.